The molecule has 0 aliphatic carbocycles. The Morgan fingerprint density at radius 3 is 2.54 bits per heavy atom. The van der Waals surface area contributed by atoms with Crippen LogP contribution in [0.3, 0.4) is 0 Å². The fourth-order valence-corrected chi connectivity index (χ4v) is 3.64. The van der Waals surface area contributed by atoms with Gasteiger partial charge < -0.3 is 14.7 Å². The number of hydrogen-bond acceptors (Lipinski definition) is 5. The monoisotopic (exact) mass is 394 g/mol. The highest BCUT2D eigenvalue weighted by atomic mass is 32.1. The lowest BCUT2D eigenvalue weighted by Crippen LogP contribution is -2.35. The fourth-order valence-electron chi connectivity index (χ4n) is 2.72. The Balaban J connectivity index is 2.17. The van der Waals surface area contributed by atoms with Gasteiger partial charge in [-0.15, -0.1) is 11.3 Å². The number of nitrogens with zero attached hydrogens (tertiary/aromatic N) is 1. The number of esters is 1. The molecule has 7 nitrogen and oxygen atoms in total. The van der Waals surface area contributed by atoms with Crippen LogP contribution in [0.2, 0.25) is 0 Å². The smallest absolute Gasteiger partial charge is 0.394 e. The summed E-state index contributed by atoms with van der Waals surface area (Å²) in [6, 6.07) is -0.893. The molecule has 1 fully saturated rings. The van der Waals surface area contributed by atoms with Gasteiger partial charge in [0.15, 0.2) is 0 Å². The number of nitrogens with one attached hydrogen (secondary N) is 1. The van der Waals surface area contributed by atoms with Crippen molar-refractivity contribution in [3.63, 3.8) is 0 Å². The quantitative estimate of drug-likeness (QED) is 0.766. The zero-order valence-electron chi connectivity index (χ0n) is 13.9. The Morgan fingerprint density at radius 2 is 2.04 bits per heavy atom. The first kappa shape index (κ1) is 20.0. The fraction of sp³-hybridized carbons (Fsp3) is 0.533. The summed E-state index contributed by atoms with van der Waals surface area (Å²) in [4.78, 5) is 36.2. The van der Waals surface area contributed by atoms with Crippen LogP contribution in [0.15, 0.2) is 5.38 Å². The number of halogens is 3. The first-order chi connectivity index (χ1) is 12.1. The number of carbonyl (C=O) groups is 3. The number of likely N-dealkylation sites (tertiary alicyclic amines) is 1. The number of alkyl halides is 3. The number of anilines is 1. The van der Waals surface area contributed by atoms with Crippen molar-refractivity contribution >= 4 is 34.3 Å². The standard InChI is InChI=1S/C15H17F3N2O5S/c1-3-25-13(23)10-7(2)6-26-11(10)19-14(24)20-4-8(12(21)22)9(5-20)15(16,17)18/h6,8-9H,3-5H2,1-2H3,(H,19,24)(H,21,22)/t8-,9-/m1/s1. The Kier molecular flexibility index (Phi) is 5.79. The summed E-state index contributed by atoms with van der Waals surface area (Å²) in [5, 5.41) is 13.1. The van der Waals surface area contributed by atoms with Crippen molar-refractivity contribution in [3.8, 4) is 0 Å². The van der Waals surface area contributed by atoms with Gasteiger partial charge in [0.1, 0.15) is 5.00 Å². The number of carboxylic acid groups (broad SMARTS) is 1. The van der Waals surface area contributed by atoms with Crippen LogP contribution < -0.4 is 5.32 Å². The van der Waals surface area contributed by atoms with Crippen LogP contribution in [0, 0.1) is 18.8 Å². The highest BCUT2D eigenvalue weighted by Gasteiger charge is 2.53. The second kappa shape index (κ2) is 7.52. The molecule has 1 aliphatic heterocycles. The maximum absolute atomic E-state index is 13.0. The van der Waals surface area contributed by atoms with Crippen LogP contribution in [0.4, 0.5) is 23.0 Å². The molecule has 0 unspecified atom stereocenters. The van der Waals surface area contributed by atoms with E-state index in [0.717, 1.165) is 16.2 Å². The van der Waals surface area contributed by atoms with Gasteiger partial charge in [-0.3, -0.25) is 10.1 Å². The third-order valence-electron chi connectivity index (χ3n) is 4.02. The highest BCUT2D eigenvalue weighted by Crippen LogP contribution is 2.38. The van der Waals surface area contributed by atoms with Crippen LogP contribution in [0.25, 0.3) is 0 Å². The molecule has 1 aromatic rings. The number of rotatable bonds is 4. The van der Waals surface area contributed by atoms with E-state index in [4.69, 9.17) is 9.84 Å². The average molecular weight is 394 g/mol. The maximum atomic E-state index is 13.0. The molecule has 1 aliphatic rings. The molecule has 0 radical (unpaired) electrons. The molecule has 2 heterocycles. The molecule has 144 valence electrons. The molecule has 2 N–H and O–H groups in total. The number of aryl methyl sites for hydroxylation is 1. The zero-order valence-corrected chi connectivity index (χ0v) is 14.7. The molecule has 26 heavy (non-hydrogen) atoms. The molecule has 0 saturated carbocycles. The van der Waals surface area contributed by atoms with E-state index in [0.29, 0.717) is 5.56 Å². The van der Waals surface area contributed by atoms with Crippen molar-refractivity contribution in [2.24, 2.45) is 11.8 Å². The molecular formula is C15H17F3N2O5S. The van der Waals surface area contributed by atoms with Crippen LogP contribution >= 0.6 is 11.3 Å². The van der Waals surface area contributed by atoms with Gasteiger partial charge in [0.2, 0.25) is 0 Å². The van der Waals surface area contributed by atoms with Crippen LogP contribution in [0.5, 0.6) is 0 Å². The summed E-state index contributed by atoms with van der Waals surface area (Å²) >= 11 is 1.03. The van der Waals surface area contributed by atoms with Gasteiger partial charge in [-0.1, -0.05) is 0 Å². The predicted octanol–water partition coefficient (Wildman–Crippen LogP) is 2.96. The van der Waals surface area contributed by atoms with Crippen molar-refractivity contribution in [2.75, 3.05) is 25.0 Å². The summed E-state index contributed by atoms with van der Waals surface area (Å²) < 4.78 is 43.9. The highest BCUT2D eigenvalue weighted by molar-refractivity contribution is 7.15. The summed E-state index contributed by atoms with van der Waals surface area (Å²) in [7, 11) is 0. The Morgan fingerprint density at radius 1 is 1.38 bits per heavy atom. The van der Waals surface area contributed by atoms with E-state index in [1.54, 1.807) is 19.2 Å². The van der Waals surface area contributed by atoms with Crippen molar-refractivity contribution in [2.45, 2.75) is 20.0 Å². The molecule has 2 rings (SSSR count). The van der Waals surface area contributed by atoms with Crippen molar-refractivity contribution in [3.05, 3.63) is 16.5 Å². The third-order valence-corrected chi connectivity index (χ3v) is 5.03. The number of aliphatic carboxylic acids is 1. The summed E-state index contributed by atoms with van der Waals surface area (Å²) in [6.45, 7) is 2.05. The second-order valence-corrected chi connectivity index (χ2v) is 6.65. The van der Waals surface area contributed by atoms with Gasteiger partial charge in [-0.05, 0) is 24.8 Å². The number of urea groups is 1. The Bertz CT molecular complexity index is 719. The van der Waals surface area contributed by atoms with Gasteiger partial charge in [0, 0.05) is 13.1 Å². The van der Waals surface area contributed by atoms with E-state index < -0.39 is 49.1 Å². The van der Waals surface area contributed by atoms with Crippen LogP contribution in [-0.4, -0.2) is 53.8 Å². The number of amides is 2. The summed E-state index contributed by atoms with van der Waals surface area (Å²) in [5.74, 6) is -6.13. The molecule has 0 spiro atoms. The van der Waals surface area contributed by atoms with Crippen LogP contribution in [-0.2, 0) is 9.53 Å². The van der Waals surface area contributed by atoms with Gasteiger partial charge >= 0.3 is 24.1 Å². The lowest BCUT2D eigenvalue weighted by molar-refractivity contribution is -0.187. The van der Waals surface area contributed by atoms with Crippen molar-refractivity contribution in [1.29, 1.82) is 0 Å². The van der Waals surface area contributed by atoms with E-state index in [9.17, 15) is 27.6 Å². The predicted molar refractivity (Wildman–Crippen MR) is 86.3 cm³/mol. The molecule has 1 aromatic heterocycles. The lowest BCUT2D eigenvalue weighted by atomic mass is 9.96. The first-order valence-corrected chi connectivity index (χ1v) is 8.54. The van der Waals surface area contributed by atoms with Crippen molar-refractivity contribution in [1.82, 2.24) is 4.90 Å². The topological polar surface area (TPSA) is 95.9 Å². The molecule has 0 aromatic carbocycles. The van der Waals surface area contributed by atoms with Gasteiger partial charge in [0.05, 0.1) is 24.0 Å². The average Bonchev–Trinajstić information content (AvgIpc) is 3.11. The largest absolute Gasteiger partial charge is 0.481 e. The van der Waals surface area contributed by atoms with Crippen molar-refractivity contribution < 1.29 is 37.4 Å². The van der Waals surface area contributed by atoms with Gasteiger partial charge in [-0.2, -0.15) is 13.2 Å². The molecular weight excluding hydrogens is 377 g/mol. The lowest BCUT2D eigenvalue weighted by Gasteiger charge is -2.18. The molecule has 0 bridgehead atoms. The van der Waals surface area contributed by atoms with E-state index in [-0.39, 0.29) is 17.2 Å². The first-order valence-electron chi connectivity index (χ1n) is 7.66. The normalized spacial score (nSPS) is 20.1. The Labute approximate surface area is 150 Å². The SMILES string of the molecule is CCOC(=O)c1c(C)csc1NC(=O)N1C[C@@H](C(F)(F)F)[C@H](C(=O)O)C1. The molecule has 11 heteroatoms. The third kappa shape index (κ3) is 4.09. The number of carboxylic acids is 1. The van der Waals surface area contributed by atoms with Crippen LogP contribution in [0.1, 0.15) is 22.8 Å². The Hall–Kier alpha value is -2.30. The number of carbonyl (C=O) groups excluding carboxylic acids is 2. The van der Waals surface area contributed by atoms with E-state index in [2.05, 4.69) is 5.32 Å². The van der Waals surface area contributed by atoms with E-state index in [1.165, 1.54) is 0 Å². The summed E-state index contributed by atoms with van der Waals surface area (Å²) in [6.07, 6.45) is -4.73. The minimum absolute atomic E-state index is 0.126. The van der Waals surface area contributed by atoms with Gasteiger partial charge in [0.25, 0.3) is 0 Å². The molecule has 2 amide bonds. The molecule has 2 atom stereocenters. The van der Waals surface area contributed by atoms with Gasteiger partial charge in [-0.25, -0.2) is 9.59 Å². The minimum Gasteiger partial charge on any atom is -0.481 e. The minimum atomic E-state index is -4.73. The molecule has 1 saturated heterocycles. The van der Waals surface area contributed by atoms with E-state index in [1.807, 2.05) is 0 Å². The summed E-state index contributed by atoms with van der Waals surface area (Å²) in [5.41, 5.74) is 0.688. The zero-order chi connectivity index (χ0) is 19.6. The number of hydrogen-bond donors (Lipinski definition) is 2. The second-order valence-electron chi connectivity index (χ2n) is 5.77. The maximum Gasteiger partial charge on any atom is 0.394 e. The van der Waals surface area contributed by atoms with E-state index >= 15 is 0 Å². The number of thiophene rings is 1. The number of ether oxygens (including phenoxy) is 1.